The van der Waals surface area contributed by atoms with E-state index in [1.54, 1.807) is 25.2 Å². The molecule has 0 unspecified atom stereocenters. The first kappa shape index (κ1) is 15.1. The van der Waals surface area contributed by atoms with Gasteiger partial charge in [-0.05, 0) is 25.6 Å². The summed E-state index contributed by atoms with van der Waals surface area (Å²) in [5.41, 5.74) is 1.65. The van der Waals surface area contributed by atoms with E-state index in [0.717, 1.165) is 16.3 Å². The van der Waals surface area contributed by atoms with Crippen LogP contribution in [-0.4, -0.2) is 20.4 Å². The molecule has 7 heteroatoms. The topological polar surface area (TPSA) is 71.1 Å². The fraction of sp³-hybridized carbons (Fsp3) is 0.308. The molecule has 0 aliphatic carbocycles. The van der Waals surface area contributed by atoms with Crippen molar-refractivity contribution in [3.63, 3.8) is 0 Å². The molecule has 0 aliphatic heterocycles. The minimum absolute atomic E-state index is 0.217. The van der Waals surface area contributed by atoms with Crippen molar-refractivity contribution < 1.29 is 8.42 Å². The highest BCUT2D eigenvalue weighted by atomic mass is 32.2. The van der Waals surface area contributed by atoms with Crippen molar-refractivity contribution in [3.8, 4) is 0 Å². The van der Waals surface area contributed by atoms with Gasteiger partial charge in [-0.1, -0.05) is 18.2 Å². The van der Waals surface area contributed by atoms with Crippen LogP contribution in [0.5, 0.6) is 0 Å². The number of nitrogens with one attached hydrogen (secondary N) is 2. The van der Waals surface area contributed by atoms with Gasteiger partial charge in [-0.2, -0.15) is 0 Å². The molecule has 1 heterocycles. The molecule has 1 aromatic carbocycles. The maximum absolute atomic E-state index is 12.3. The van der Waals surface area contributed by atoms with Crippen LogP contribution in [0, 0.1) is 6.92 Å². The number of sulfonamides is 1. The minimum Gasteiger partial charge on any atom is -0.316 e. The molecule has 0 bridgehead atoms. The van der Waals surface area contributed by atoms with Crippen LogP contribution in [-0.2, 0) is 23.1 Å². The van der Waals surface area contributed by atoms with E-state index in [2.05, 4.69) is 15.0 Å². The molecule has 0 spiro atoms. The number of nitrogens with zero attached hydrogens (tertiary/aromatic N) is 1. The number of benzene rings is 1. The summed E-state index contributed by atoms with van der Waals surface area (Å²) in [6.45, 7) is 2.61. The molecule has 2 rings (SSSR count). The Kier molecular flexibility index (Phi) is 4.87. The van der Waals surface area contributed by atoms with Crippen molar-refractivity contribution in [1.29, 1.82) is 0 Å². The standard InChI is InChI=1S/C13H17N3O2S2/c1-10-9-19-13(16-10)8-15-20(17,18)12-6-4-3-5-11(12)7-14-2/h3-6,9,14-15H,7-8H2,1-2H3. The summed E-state index contributed by atoms with van der Waals surface area (Å²) in [5, 5.41) is 5.63. The van der Waals surface area contributed by atoms with Gasteiger partial charge in [-0.3, -0.25) is 0 Å². The summed E-state index contributed by atoms with van der Waals surface area (Å²) < 4.78 is 27.3. The SMILES string of the molecule is CNCc1ccccc1S(=O)(=O)NCc1nc(C)cs1. The van der Waals surface area contributed by atoms with E-state index in [9.17, 15) is 8.42 Å². The third kappa shape index (κ3) is 3.63. The number of aryl methyl sites for hydroxylation is 1. The second-order valence-corrected chi connectivity index (χ2v) is 7.02. The van der Waals surface area contributed by atoms with Gasteiger partial charge < -0.3 is 5.32 Å². The summed E-state index contributed by atoms with van der Waals surface area (Å²) >= 11 is 1.45. The number of aromatic nitrogens is 1. The zero-order valence-electron chi connectivity index (χ0n) is 11.4. The minimum atomic E-state index is -3.53. The summed E-state index contributed by atoms with van der Waals surface area (Å²) in [5.74, 6) is 0. The van der Waals surface area contributed by atoms with Crippen molar-refractivity contribution in [2.75, 3.05) is 7.05 Å². The number of rotatable bonds is 6. The quantitative estimate of drug-likeness (QED) is 0.851. The monoisotopic (exact) mass is 311 g/mol. The third-order valence-corrected chi connectivity index (χ3v) is 5.18. The highest BCUT2D eigenvalue weighted by Crippen LogP contribution is 2.16. The fourth-order valence-corrected chi connectivity index (χ4v) is 3.85. The lowest BCUT2D eigenvalue weighted by Crippen LogP contribution is -2.25. The first-order valence-electron chi connectivity index (χ1n) is 6.16. The summed E-state index contributed by atoms with van der Waals surface area (Å²) in [6, 6.07) is 6.97. The molecule has 0 aliphatic rings. The van der Waals surface area contributed by atoms with E-state index < -0.39 is 10.0 Å². The van der Waals surface area contributed by atoms with Gasteiger partial charge in [-0.15, -0.1) is 11.3 Å². The molecule has 2 aromatic rings. The Hall–Kier alpha value is -1.28. The fourth-order valence-electron chi connectivity index (χ4n) is 1.82. The summed E-state index contributed by atoms with van der Waals surface area (Å²) in [7, 11) is -1.74. The van der Waals surface area contributed by atoms with Crippen molar-refractivity contribution >= 4 is 21.4 Å². The van der Waals surface area contributed by atoms with Crippen LogP contribution >= 0.6 is 11.3 Å². The van der Waals surface area contributed by atoms with Crippen LogP contribution in [0.15, 0.2) is 34.5 Å². The maximum Gasteiger partial charge on any atom is 0.241 e. The molecule has 0 fully saturated rings. The van der Waals surface area contributed by atoms with Crippen molar-refractivity contribution in [3.05, 3.63) is 45.9 Å². The van der Waals surface area contributed by atoms with Gasteiger partial charge in [0.1, 0.15) is 5.01 Å². The molecule has 5 nitrogen and oxygen atoms in total. The largest absolute Gasteiger partial charge is 0.316 e. The molecule has 0 saturated heterocycles. The van der Waals surface area contributed by atoms with E-state index in [0.29, 0.717) is 11.4 Å². The highest BCUT2D eigenvalue weighted by molar-refractivity contribution is 7.89. The molecule has 20 heavy (non-hydrogen) atoms. The first-order valence-corrected chi connectivity index (χ1v) is 8.52. The Morgan fingerprint density at radius 3 is 2.65 bits per heavy atom. The van der Waals surface area contributed by atoms with Crippen LogP contribution in [0.4, 0.5) is 0 Å². The Labute approximate surface area is 123 Å². The van der Waals surface area contributed by atoms with Crippen molar-refractivity contribution in [2.24, 2.45) is 0 Å². The lowest BCUT2D eigenvalue weighted by atomic mass is 10.2. The average Bonchev–Trinajstić information content (AvgIpc) is 2.83. The van der Waals surface area contributed by atoms with Crippen LogP contribution in [0.2, 0.25) is 0 Å². The first-order chi connectivity index (χ1) is 9.53. The molecular weight excluding hydrogens is 294 g/mol. The third-order valence-electron chi connectivity index (χ3n) is 2.71. The highest BCUT2D eigenvalue weighted by Gasteiger charge is 2.17. The van der Waals surface area contributed by atoms with Gasteiger partial charge >= 0.3 is 0 Å². The maximum atomic E-state index is 12.3. The van der Waals surface area contributed by atoms with Crippen LogP contribution in [0.3, 0.4) is 0 Å². The molecule has 108 valence electrons. The predicted octanol–water partition coefficient (Wildman–Crippen LogP) is 1.65. The molecule has 0 amide bonds. The number of hydrogen-bond donors (Lipinski definition) is 2. The smallest absolute Gasteiger partial charge is 0.241 e. The van der Waals surface area contributed by atoms with Gasteiger partial charge in [-0.25, -0.2) is 18.1 Å². The Bertz CT molecular complexity index is 680. The van der Waals surface area contributed by atoms with Gasteiger partial charge in [0, 0.05) is 17.6 Å². The van der Waals surface area contributed by atoms with Gasteiger partial charge in [0.25, 0.3) is 0 Å². The summed E-state index contributed by atoms with van der Waals surface area (Å²) in [6.07, 6.45) is 0. The molecular formula is C13H17N3O2S2. The van der Waals surface area contributed by atoms with Crippen LogP contribution < -0.4 is 10.0 Å². The van der Waals surface area contributed by atoms with Crippen LogP contribution in [0.1, 0.15) is 16.3 Å². The molecule has 0 atom stereocenters. The lowest BCUT2D eigenvalue weighted by molar-refractivity contribution is 0.579. The zero-order valence-corrected chi connectivity index (χ0v) is 13.0. The number of thiazole rings is 1. The molecule has 0 saturated carbocycles. The zero-order chi connectivity index (χ0) is 14.6. The Balaban J connectivity index is 2.18. The van der Waals surface area contributed by atoms with E-state index in [-0.39, 0.29) is 6.54 Å². The molecule has 2 N–H and O–H groups in total. The lowest BCUT2D eigenvalue weighted by Gasteiger charge is -2.10. The van der Waals surface area contributed by atoms with Crippen LogP contribution in [0.25, 0.3) is 0 Å². The second kappa shape index (κ2) is 6.45. The van der Waals surface area contributed by atoms with E-state index in [4.69, 9.17) is 0 Å². The van der Waals surface area contributed by atoms with Gasteiger partial charge in [0.15, 0.2) is 0 Å². The molecule has 1 aromatic heterocycles. The van der Waals surface area contributed by atoms with Crippen molar-refractivity contribution in [1.82, 2.24) is 15.0 Å². The Morgan fingerprint density at radius 1 is 1.25 bits per heavy atom. The molecule has 0 radical (unpaired) electrons. The predicted molar refractivity (Wildman–Crippen MR) is 80.1 cm³/mol. The summed E-state index contributed by atoms with van der Waals surface area (Å²) in [4.78, 5) is 4.55. The van der Waals surface area contributed by atoms with Gasteiger partial charge in [0.2, 0.25) is 10.0 Å². The van der Waals surface area contributed by atoms with Crippen molar-refractivity contribution in [2.45, 2.75) is 24.9 Å². The van der Waals surface area contributed by atoms with Gasteiger partial charge in [0.05, 0.1) is 11.4 Å². The second-order valence-electron chi connectivity index (χ2n) is 4.35. The number of hydrogen-bond acceptors (Lipinski definition) is 5. The average molecular weight is 311 g/mol. The normalized spacial score (nSPS) is 11.7. The van der Waals surface area contributed by atoms with E-state index >= 15 is 0 Å². The Morgan fingerprint density at radius 2 is 2.00 bits per heavy atom. The van der Waals surface area contributed by atoms with E-state index in [1.807, 2.05) is 18.4 Å². The van der Waals surface area contributed by atoms with E-state index in [1.165, 1.54) is 11.3 Å².